The third-order valence-electron chi connectivity index (χ3n) is 26.8. The van der Waals surface area contributed by atoms with Crippen LogP contribution in [0.2, 0.25) is 0 Å². The van der Waals surface area contributed by atoms with Crippen molar-refractivity contribution in [1.82, 2.24) is 28.5 Å². The molecule has 19 rings (SSSR count). The van der Waals surface area contributed by atoms with E-state index in [1.807, 2.05) is 0 Å². The first-order valence-electron chi connectivity index (χ1n) is 46.4. The maximum absolute atomic E-state index is 15.8. The molecule has 6 aromatic carbocycles. The molecule has 0 unspecified atom stereocenters. The zero-order chi connectivity index (χ0) is 103. The average Bonchev–Trinajstić information content (AvgIpc) is 1.73. The molecule has 33 nitrogen and oxygen atoms in total. The Kier molecular flexibility index (Phi) is 35.3. The number of fused-ring (bicyclic) bond motifs is 5. The van der Waals surface area contributed by atoms with E-state index >= 15 is 26.3 Å². The van der Waals surface area contributed by atoms with E-state index in [0.717, 1.165) is 73.9 Å². The second-order valence-electron chi connectivity index (χ2n) is 36.0. The number of methoxy groups -OCH3 is 4. The molecule has 0 spiro atoms. The minimum Gasteiger partial charge on any atom is -0.545 e. The number of hydrogen-bond acceptors (Lipinski definition) is 24. The van der Waals surface area contributed by atoms with Crippen LogP contribution in [-0.2, 0) is 4.65 Å². The number of hydrogen-bond donors (Lipinski definition) is 5. The molecule has 47 heteroatoms. The largest absolute Gasteiger partial charge is 1.00 e. The molecule has 4 saturated heterocycles. The van der Waals surface area contributed by atoms with Crippen molar-refractivity contribution in [2.24, 2.45) is 5.73 Å². The summed E-state index contributed by atoms with van der Waals surface area (Å²) in [7, 11) is 1.92. The first-order valence-corrected chi connectivity index (χ1v) is 46.4. The second kappa shape index (κ2) is 46.6. The standard InChI is InChI=1S/C29H24BF4N3O6.C29H27F2N3O7.2C21H23F2N3O4.ClH.2Na/c1-42-26-23-19(25(38)20(29(41)43-30(33)34)13-36(23)16-8-9-16)11-21(31)24(26)35-10-4-5-15(12-35)22(32)14-37-27(39)17-6-2-3-7-18(17)28(37)40;1-41-26-23-19(25(35)20(29(39)40)14-34(23)16-8-9-16)11-21(30)24(26)33-10-4-5-15(13-33)22(31)12-32-27(36)17-6-2-3-7-18(17)28(37)38;2*1-30-20-17-13(19(27)14(21(28)29)10-26(17)12-4-5-12)7-15(22)18(20)25-6-2-3-11(9-25)16(23)8-24;;;/h2-3,6-7,11,13,16H,4-5,8-10,12,14H2,1H3;2-3,6-7,11,14,16H,4-5,8-10,12-13H2,1H3,(H,32,36)(H,37,38)(H,39,40);2*7,10,12H,2-6,8-9,24H2,1H3,(H,28,29);1H;;/q;;;;;2*+1/p-1/b2*22-15+;2*16-11+;;;. The Morgan fingerprint density at radius 1 is 0.442 bits per heavy atom. The van der Waals surface area contributed by atoms with Crippen LogP contribution in [0.3, 0.4) is 0 Å². The van der Waals surface area contributed by atoms with E-state index in [1.54, 1.807) is 45.4 Å². The van der Waals surface area contributed by atoms with E-state index in [0.29, 0.717) is 118 Å². The van der Waals surface area contributed by atoms with Crippen LogP contribution in [-0.4, -0.2) is 195 Å². The van der Waals surface area contributed by atoms with Gasteiger partial charge in [0.15, 0.2) is 57.5 Å². The number of carboxylic acid groups (broad SMARTS) is 4. The fourth-order valence-corrected chi connectivity index (χ4v) is 19.4. The number of imide groups is 1. The number of aromatic nitrogens is 4. The van der Waals surface area contributed by atoms with Gasteiger partial charge in [-0.1, -0.05) is 30.3 Å². The average molecular weight is 2090 g/mol. The number of piperidine rings is 4. The van der Waals surface area contributed by atoms with Gasteiger partial charge in [0.2, 0.25) is 16.3 Å². The van der Waals surface area contributed by atoms with Crippen molar-refractivity contribution in [1.29, 1.82) is 0 Å². The van der Waals surface area contributed by atoms with Gasteiger partial charge in [-0.05, 0) is 167 Å². The monoisotopic (exact) mass is 2080 g/mol. The van der Waals surface area contributed by atoms with Crippen LogP contribution in [0.4, 0.5) is 66.5 Å². The maximum atomic E-state index is 15.8. The summed E-state index contributed by atoms with van der Waals surface area (Å²) in [6.45, 7) is 0.652. The molecular formula is C100H97BClF10N12Na2O21+. The summed E-state index contributed by atoms with van der Waals surface area (Å²) >= 11 is 0. The van der Waals surface area contributed by atoms with Crippen molar-refractivity contribution < 1.29 is 191 Å². The minimum absolute atomic E-state index is 0. The first kappa shape index (κ1) is 111. The molecule has 0 radical (unpaired) electrons. The van der Waals surface area contributed by atoms with Crippen LogP contribution in [0.25, 0.3) is 43.6 Å². The van der Waals surface area contributed by atoms with Crippen molar-refractivity contribution in [3.05, 3.63) is 252 Å². The maximum Gasteiger partial charge on any atom is 1.00 e. The Bertz CT molecular complexity index is 7220. The fourth-order valence-electron chi connectivity index (χ4n) is 19.4. The number of carboxylic acids is 4. The van der Waals surface area contributed by atoms with Crippen molar-refractivity contribution in [2.45, 2.75) is 127 Å². The number of benzene rings is 6. The van der Waals surface area contributed by atoms with Gasteiger partial charge >= 0.3 is 84.5 Å². The van der Waals surface area contributed by atoms with Gasteiger partial charge in [-0.15, -0.1) is 12.4 Å². The first-order chi connectivity index (χ1) is 68.9. The van der Waals surface area contributed by atoms with Gasteiger partial charge in [0.1, 0.15) is 63.5 Å². The van der Waals surface area contributed by atoms with Gasteiger partial charge in [-0.25, -0.2) is 58.1 Å². The summed E-state index contributed by atoms with van der Waals surface area (Å²) in [4.78, 5) is 155. The smallest absolute Gasteiger partial charge is 0.545 e. The number of ether oxygens (including phenoxy) is 4. The van der Waals surface area contributed by atoms with Crippen LogP contribution in [0.1, 0.15) is 210 Å². The topological polar surface area (TPSA) is 439 Å². The number of aromatic carboxylic acids is 4. The van der Waals surface area contributed by atoms with E-state index in [2.05, 4.69) is 15.7 Å². The van der Waals surface area contributed by atoms with E-state index < -0.39 is 153 Å². The molecule has 147 heavy (non-hydrogen) atoms. The number of carbonyl (C=O) groups is 8. The number of nitrogens with two attached hydrogens (primary N) is 1. The quantitative estimate of drug-likeness (QED) is 0.0257. The number of nitrogens with one attached hydrogen (secondary N) is 1. The molecule has 4 saturated carbocycles. The molecule has 3 amide bonds. The van der Waals surface area contributed by atoms with Crippen molar-refractivity contribution in [3.63, 3.8) is 0 Å². The van der Waals surface area contributed by atoms with E-state index in [9.17, 15) is 95.4 Å². The molecule has 9 heterocycles. The Hall–Kier alpha value is -12.9. The predicted octanol–water partition coefficient (Wildman–Crippen LogP) is 5.79. The number of halogens is 11. The number of rotatable bonds is 25. The zero-order valence-electron chi connectivity index (χ0n) is 80.6. The number of pyridine rings is 4. The van der Waals surface area contributed by atoms with Crippen molar-refractivity contribution in [2.75, 3.05) is 127 Å². The third-order valence-corrected chi connectivity index (χ3v) is 26.8. The molecule has 8 fully saturated rings. The molecule has 5 aliphatic heterocycles. The summed E-state index contributed by atoms with van der Waals surface area (Å²) in [5.41, 5.74) is 6.60. The molecule has 764 valence electrons. The van der Waals surface area contributed by atoms with Gasteiger partial charge in [0.25, 0.3) is 17.7 Å². The Labute approximate surface area is 881 Å². The van der Waals surface area contributed by atoms with Gasteiger partial charge < -0.3 is 108 Å². The Morgan fingerprint density at radius 3 is 1.05 bits per heavy atom. The van der Waals surface area contributed by atoms with Gasteiger partial charge in [0.05, 0.1) is 114 Å². The Morgan fingerprint density at radius 2 is 0.741 bits per heavy atom. The van der Waals surface area contributed by atoms with E-state index in [-0.39, 0.29) is 247 Å². The van der Waals surface area contributed by atoms with Crippen LogP contribution in [0.5, 0.6) is 23.0 Å². The van der Waals surface area contributed by atoms with E-state index in [1.165, 1.54) is 88.0 Å². The van der Waals surface area contributed by atoms with Crippen LogP contribution in [0, 0.1) is 23.3 Å². The van der Waals surface area contributed by atoms with Crippen LogP contribution < -0.4 is 146 Å². The molecular weight excluding hydrogens is 1990 g/mol. The molecule has 9 aliphatic rings. The molecule has 8 N–H and O–H groups in total. The Balaban J connectivity index is 0.000000165. The normalized spacial score (nSPS) is 17.4. The summed E-state index contributed by atoms with van der Waals surface area (Å²) in [5.74, 6) is -14.3. The second-order valence-corrected chi connectivity index (χ2v) is 36.0. The number of carbonyl (C=O) groups excluding carboxylic acids is 6. The van der Waals surface area contributed by atoms with Crippen molar-refractivity contribution >= 4 is 134 Å². The minimum atomic E-state index is -3.44. The summed E-state index contributed by atoms with van der Waals surface area (Å²) < 4.78 is 179. The molecule has 4 aromatic heterocycles. The summed E-state index contributed by atoms with van der Waals surface area (Å²) in [5, 5.41) is 43.6. The van der Waals surface area contributed by atoms with Gasteiger partial charge in [-0.3, -0.25) is 38.5 Å². The summed E-state index contributed by atoms with van der Waals surface area (Å²) in [6.07, 6.45) is 15.0. The predicted molar refractivity (Wildman–Crippen MR) is 511 cm³/mol. The van der Waals surface area contributed by atoms with Crippen LogP contribution >= 0.6 is 12.4 Å². The molecule has 0 bridgehead atoms. The zero-order valence-corrected chi connectivity index (χ0v) is 85.4. The SMILES string of the molecule is COc1c(N2CCC/C(=C(\F)CN)C2)c(F)cc2c(=O)c(C(=O)O)cn(C3CC3)c12.COc1c(N2CCC/C(=C(\F)CN3C(=O)c4ccccc4C3=O)C2)c(F)cc2c(=O)c(C(=O)OB(F)F)cn(C3CC3)c12.COc1c(N2CCC/C(=C(\F)CNC(=O)c3ccccc3C(=O)[O-])C2)c(F)cc2c(=O)c(C(=O)[O-])cn(C3CC3)c12.COc1c(N2CCC/C(=C(\F)C[NH3+])C2)c(F)cc2c(=O)c(C(=O)O)cn(C3CC3)c12.Cl.[Na+].[Na+]. The van der Waals surface area contributed by atoms with Gasteiger partial charge in [-0.2, -0.15) is 0 Å². The third kappa shape index (κ3) is 22.6. The van der Waals surface area contributed by atoms with Crippen LogP contribution in [0.15, 0.2) is 162 Å². The fraction of sp³-hybridized carbons (Fsp3) is 0.360. The van der Waals surface area contributed by atoms with Gasteiger partial charge in [0, 0.05) is 119 Å². The number of anilines is 4. The number of quaternary nitrogens is 1. The number of nitrogens with zero attached hydrogens (tertiary/aromatic N) is 9. The molecule has 0 atom stereocenters. The number of amides is 3. The molecule has 10 aromatic rings. The van der Waals surface area contributed by atoms with Crippen molar-refractivity contribution in [3.8, 4) is 23.0 Å². The molecule has 4 aliphatic carbocycles. The summed E-state index contributed by atoms with van der Waals surface area (Å²) in [6, 6.07) is 15.5. The van der Waals surface area contributed by atoms with E-state index in [4.69, 9.17) is 24.7 Å².